The third kappa shape index (κ3) is 3.92. The molecule has 19 heavy (non-hydrogen) atoms. The second kappa shape index (κ2) is 7.24. The van der Waals surface area contributed by atoms with E-state index in [0.717, 1.165) is 28.6 Å². The summed E-state index contributed by atoms with van der Waals surface area (Å²) in [5, 5.41) is 2.90. The van der Waals surface area contributed by atoms with E-state index in [1.165, 1.54) is 0 Å². The molecule has 0 bridgehead atoms. The predicted molar refractivity (Wildman–Crippen MR) is 81.7 cm³/mol. The lowest BCUT2D eigenvalue weighted by molar-refractivity contribution is -0.126. The molecule has 0 aromatic heterocycles. The van der Waals surface area contributed by atoms with Crippen molar-refractivity contribution in [1.29, 1.82) is 0 Å². The zero-order chi connectivity index (χ0) is 13.1. The Balaban J connectivity index is 0.00000180. The van der Waals surface area contributed by atoms with Crippen molar-refractivity contribution in [3.63, 3.8) is 0 Å². The predicted octanol–water partition coefficient (Wildman–Crippen LogP) is 2.62. The minimum absolute atomic E-state index is 0. The van der Waals surface area contributed by atoms with Gasteiger partial charge in [-0.2, -0.15) is 0 Å². The van der Waals surface area contributed by atoms with Crippen LogP contribution in [0.4, 0.5) is 5.69 Å². The highest BCUT2D eigenvalue weighted by Gasteiger charge is 2.30. The van der Waals surface area contributed by atoms with Crippen LogP contribution in [0.25, 0.3) is 0 Å². The van der Waals surface area contributed by atoms with Crippen molar-refractivity contribution in [2.24, 2.45) is 5.73 Å². The lowest BCUT2D eigenvalue weighted by Gasteiger charge is -2.14. The summed E-state index contributed by atoms with van der Waals surface area (Å²) < 4.78 is 6.55. The van der Waals surface area contributed by atoms with Gasteiger partial charge in [0.1, 0.15) is 6.10 Å². The molecule has 1 fully saturated rings. The van der Waals surface area contributed by atoms with E-state index in [9.17, 15) is 4.79 Å². The Labute approximate surface area is 127 Å². The van der Waals surface area contributed by atoms with Gasteiger partial charge in [-0.15, -0.1) is 12.4 Å². The number of benzene rings is 1. The van der Waals surface area contributed by atoms with E-state index < -0.39 is 0 Å². The Bertz CT molecular complexity index is 456. The van der Waals surface area contributed by atoms with E-state index >= 15 is 0 Å². The van der Waals surface area contributed by atoms with E-state index in [2.05, 4.69) is 21.2 Å². The van der Waals surface area contributed by atoms with Crippen LogP contribution in [0.1, 0.15) is 18.4 Å². The minimum Gasteiger partial charge on any atom is -0.364 e. The van der Waals surface area contributed by atoms with Gasteiger partial charge in [0.15, 0.2) is 0 Å². The van der Waals surface area contributed by atoms with Gasteiger partial charge >= 0.3 is 0 Å². The van der Waals surface area contributed by atoms with Crippen LogP contribution >= 0.6 is 28.3 Å². The molecule has 0 aliphatic carbocycles. The first kappa shape index (κ1) is 16.4. The Morgan fingerprint density at radius 3 is 2.89 bits per heavy atom. The molecule has 4 nitrogen and oxygen atoms in total. The maximum Gasteiger partial charge on any atom is 0.253 e. The molecule has 3 N–H and O–H groups in total. The fourth-order valence-electron chi connectivity index (χ4n) is 2.03. The van der Waals surface area contributed by atoms with Crippen LogP contribution in [0, 0.1) is 6.92 Å². The van der Waals surface area contributed by atoms with Crippen LogP contribution in [0.5, 0.6) is 0 Å². The summed E-state index contributed by atoms with van der Waals surface area (Å²) in [7, 11) is 0. The quantitative estimate of drug-likeness (QED) is 0.881. The molecular formula is C13H18BrClN2O2. The molecule has 106 valence electrons. The number of nitrogens with one attached hydrogen (secondary N) is 1. The van der Waals surface area contributed by atoms with Gasteiger partial charge in [-0.3, -0.25) is 4.79 Å². The van der Waals surface area contributed by atoms with Crippen LogP contribution in [-0.2, 0) is 9.53 Å². The van der Waals surface area contributed by atoms with Gasteiger partial charge in [-0.05, 0) is 37.5 Å². The molecular weight excluding hydrogens is 332 g/mol. The zero-order valence-electron chi connectivity index (χ0n) is 10.7. The lowest BCUT2D eigenvalue weighted by Crippen LogP contribution is -2.30. The van der Waals surface area contributed by atoms with Gasteiger partial charge in [0.05, 0.1) is 6.10 Å². The average Bonchev–Trinajstić information content (AvgIpc) is 2.83. The number of carbonyl (C=O) groups excluding carboxylic acids is 1. The molecule has 2 rings (SSSR count). The summed E-state index contributed by atoms with van der Waals surface area (Å²) in [4.78, 5) is 12.0. The van der Waals surface area contributed by atoms with Crippen molar-refractivity contribution in [2.75, 3.05) is 11.9 Å². The van der Waals surface area contributed by atoms with Crippen LogP contribution in [-0.4, -0.2) is 24.7 Å². The number of nitrogens with two attached hydrogens (primary N) is 1. The molecule has 0 unspecified atom stereocenters. The van der Waals surface area contributed by atoms with Crippen molar-refractivity contribution in [1.82, 2.24) is 0 Å². The average molecular weight is 350 g/mol. The molecule has 1 aromatic rings. The Morgan fingerprint density at radius 2 is 2.26 bits per heavy atom. The van der Waals surface area contributed by atoms with Crippen molar-refractivity contribution >= 4 is 39.9 Å². The number of hydrogen-bond donors (Lipinski definition) is 2. The van der Waals surface area contributed by atoms with Gasteiger partial charge in [-0.25, -0.2) is 0 Å². The number of anilines is 1. The third-order valence-electron chi connectivity index (χ3n) is 3.19. The fraction of sp³-hybridized carbons (Fsp3) is 0.462. The summed E-state index contributed by atoms with van der Waals surface area (Å²) >= 11 is 3.44. The Morgan fingerprint density at radius 1 is 1.53 bits per heavy atom. The second-order valence-corrected chi connectivity index (χ2v) is 5.32. The van der Waals surface area contributed by atoms with Crippen molar-refractivity contribution in [3.8, 4) is 0 Å². The van der Waals surface area contributed by atoms with Crippen molar-refractivity contribution < 1.29 is 9.53 Å². The summed E-state index contributed by atoms with van der Waals surface area (Å²) in [6.45, 7) is 2.43. The number of amides is 1. The number of rotatable bonds is 3. The van der Waals surface area contributed by atoms with Gasteiger partial charge in [0.2, 0.25) is 0 Å². The van der Waals surface area contributed by atoms with E-state index in [1.54, 1.807) is 0 Å². The summed E-state index contributed by atoms with van der Waals surface area (Å²) in [6, 6.07) is 5.72. The Hall–Kier alpha value is -0.620. The van der Waals surface area contributed by atoms with Gasteiger partial charge < -0.3 is 15.8 Å². The van der Waals surface area contributed by atoms with Gasteiger partial charge in [-0.1, -0.05) is 22.0 Å². The van der Waals surface area contributed by atoms with E-state index in [-0.39, 0.29) is 30.5 Å². The number of carbonyl (C=O) groups is 1. The zero-order valence-corrected chi connectivity index (χ0v) is 13.1. The lowest BCUT2D eigenvalue weighted by atomic mass is 10.1. The highest BCUT2D eigenvalue weighted by atomic mass is 79.9. The molecule has 1 aromatic carbocycles. The van der Waals surface area contributed by atoms with Crippen LogP contribution in [0.15, 0.2) is 22.7 Å². The minimum atomic E-state index is -0.378. The van der Waals surface area contributed by atoms with Crippen molar-refractivity contribution in [3.05, 3.63) is 28.2 Å². The molecule has 2 atom stereocenters. The summed E-state index contributed by atoms with van der Waals surface area (Å²) in [6.07, 6.45) is 1.23. The SMILES string of the molecule is Cc1c(Br)cccc1NC(=O)[C@@H]1CC[C@H](CN)O1.Cl. The molecule has 0 spiro atoms. The summed E-state index contributed by atoms with van der Waals surface area (Å²) in [5.41, 5.74) is 7.36. The van der Waals surface area contributed by atoms with Gasteiger partial charge in [0.25, 0.3) is 5.91 Å². The Kier molecular flexibility index (Phi) is 6.26. The topological polar surface area (TPSA) is 64.4 Å². The first-order valence-corrected chi connectivity index (χ1v) is 6.82. The molecule has 1 aliphatic heterocycles. The normalized spacial score (nSPS) is 21.8. The highest BCUT2D eigenvalue weighted by Crippen LogP contribution is 2.25. The number of ether oxygens (including phenoxy) is 1. The van der Waals surface area contributed by atoms with E-state index in [1.807, 2.05) is 25.1 Å². The maximum atomic E-state index is 12.0. The van der Waals surface area contributed by atoms with E-state index in [4.69, 9.17) is 10.5 Å². The molecule has 1 heterocycles. The molecule has 0 saturated carbocycles. The van der Waals surface area contributed by atoms with Gasteiger partial charge in [0, 0.05) is 16.7 Å². The fourth-order valence-corrected chi connectivity index (χ4v) is 2.39. The standard InChI is InChI=1S/C13H17BrN2O2.ClH/c1-8-10(14)3-2-4-11(8)16-13(17)12-6-5-9(7-15)18-12;/h2-4,9,12H,5-7,15H2,1H3,(H,16,17);1H/t9-,12+;/m1./s1. The van der Waals surface area contributed by atoms with Crippen LogP contribution in [0.3, 0.4) is 0 Å². The monoisotopic (exact) mass is 348 g/mol. The third-order valence-corrected chi connectivity index (χ3v) is 4.05. The first-order chi connectivity index (χ1) is 8.61. The summed E-state index contributed by atoms with van der Waals surface area (Å²) in [5.74, 6) is -0.0906. The number of halogens is 2. The molecule has 0 radical (unpaired) electrons. The first-order valence-electron chi connectivity index (χ1n) is 6.03. The molecule has 1 amide bonds. The highest BCUT2D eigenvalue weighted by molar-refractivity contribution is 9.10. The number of hydrogen-bond acceptors (Lipinski definition) is 3. The molecule has 1 saturated heterocycles. The van der Waals surface area contributed by atoms with E-state index in [0.29, 0.717) is 6.54 Å². The molecule has 6 heteroatoms. The molecule has 1 aliphatic rings. The van der Waals surface area contributed by atoms with Crippen LogP contribution < -0.4 is 11.1 Å². The smallest absolute Gasteiger partial charge is 0.253 e. The largest absolute Gasteiger partial charge is 0.364 e. The van der Waals surface area contributed by atoms with Crippen LogP contribution in [0.2, 0.25) is 0 Å². The maximum absolute atomic E-state index is 12.0. The van der Waals surface area contributed by atoms with Crippen molar-refractivity contribution in [2.45, 2.75) is 32.0 Å². The second-order valence-electron chi connectivity index (χ2n) is 4.46.